The van der Waals surface area contributed by atoms with Gasteiger partial charge in [-0.1, -0.05) is 11.8 Å². The summed E-state index contributed by atoms with van der Waals surface area (Å²) in [6.07, 6.45) is 2.77. The number of carbonyl (C=O) groups excluding carboxylic acids is 1. The van der Waals surface area contributed by atoms with E-state index in [0.717, 1.165) is 0 Å². The molecule has 10 nitrogen and oxygen atoms in total. The number of nitrogens with zero attached hydrogens (tertiary/aromatic N) is 3. The van der Waals surface area contributed by atoms with E-state index in [4.69, 9.17) is 18.6 Å². The van der Waals surface area contributed by atoms with Crippen molar-refractivity contribution in [1.29, 1.82) is 0 Å². The van der Waals surface area contributed by atoms with E-state index in [2.05, 4.69) is 15.5 Å². The molecule has 0 saturated heterocycles. The molecule has 3 rings (SSSR count). The van der Waals surface area contributed by atoms with Gasteiger partial charge in [-0.15, -0.1) is 10.2 Å². The SMILES string of the molecule is COc1ccc(OC)c(NC(=O)COc2coc(CSc3nncn3C)cc2=O)c1. The molecule has 30 heavy (non-hydrogen) atoms. The molecule has 1 aromatic carbocycles. The Morgan fingerprint density at radius 3 is 2.73 bits per heavy atom. The van der Waals surface area contributed by atoms with Crippen LogP contribution in [0.15, 0.2) is 51.2 Å². The third-order valence-electron chi connectivity index (χ3n) is 3.91. The Hall–Kier alpha value is -3.47. The maximum absolute atomic E-state index is 12.2. The highest BCUT2D eigenvalue weighted by molar-refractivity contribution is 7.98. The van der Waals surface area contributed by atoms with Crippen LogP contribution in [0.3, 0.4) is 0 Å². The fourth-order valence-electron chi connectivity index (χ4n) is 2.40. The van der Waals surface area contributed by atoms with Gasteiger partial charge < -0.3 is 28.5 Å². The van der Waals surface area contributed by atoms with Gasteiger partial charge in [0.05, 0.1) is 25.7 Å². The van der Waals surface area contributed by atoms with E-state index in [0.29, 0.717) is 33.9 Å². The van der Waals surface area contributed by atoms with Crippen molar-refractivity contribution in [3.05, 3.63) is 52.8 Å². The molecule has 3 aromatic rings. The van der Waals surface area contributed by atoms with Gasteiger partial charge in [0.25, 0.3) is 5.91 Å². The third kappa shape index (κ3) is 5.32. The van der Waals surface area contributed by atoms with Gasteiger partial charge in [0, 0.05) is 19.2 Å². The van der Waals surface area contributed by atoms with Crippen LogP contribution in [0, 0.1) is 0 Å². The first-order valence-corrected chi connectivity index (χ1v) is 9.72. The average Bonchev–Trinajstić information content (AvgIpc) is 3.16. The average molecular weight is 432 g/mol. The van der Waals surface area contributed by atoms with Crippen LogP contribution in [0.25, 0.3) is 0 Å². The van der Waals surface area contributed by atoms with Gasteiger partial charge >= 0.3 is 0 Å². The number of benzene rings is 1. The minimum Gasteiger partial charge on any atom is -0.497 e. The van der Waals surface area contributed by atoms with E-state index in [1.807, 2.05) is 7.05 Å². The number of aryl methyl sites for hydroxylation is 1. The number of nitrogens with one attached hydrogen (secondary N) is 1. The summed E-state index contributed by atoms with van der Waals surface area (Å²) in [5.41, 5.74) is 0.0372. The number of amides is 1. The first-order chi connectivity index (χ1) is 14.5. The molecule has 11 heteroatoms. The lowest BCUT2D eigenvalue weighted by Gasteiger charge is -2.12. The zero-order valence-corrected chi connectivity index (χ0v) is 17.4. The highest BCUT2D eigenvalue weighted by Gasteiger charge is 2.12. The van der Waals surface area contributed by atoms with Crippen LogP contribution in [0.5, 0.6) is 17.2 Å². The molecule has 1 amide bonds. The van der Waals surface area contributed by atoms with Gasteiger partial charge in [-0.25, -0.2) is 0 Å². The minimum atomic E-state index is -0.470. The highest BCUT2D eigenvalue weighted by atomic mass is 32.2. The molecule has 0 aliphatic heterocycles. The molecule has 158 valence electrons. The Kier molecular flexibility index (Phi) is 6.96. The number of carbonyl (C=O) groups is 1. The Balaban J connectivity index is 1.57. The lowest BCUT2D eigenvalue weighted by atomic mass is 10.2. The number of hydrogen-bond acceptors (Lipinski definition) is 9. The molecule has 0 bridgehead atoms. The molecular formula is C19H20N4O6S. The van der Waals surface area contributed by atoms with Crippen molar-refractivity contribution >= 4 is 23.4 Å². The zero-order valence-electron chi connectivity index (χ0n) is 16.6. The number of ether oxygens (including phenoxy) is 3. The zero-order chi connectivity index (χ0) is 21.5. The van der Waals surface area contributed by atoms with E-state index >= 15 is 0 Å². The monoisotopic (exact) mass is 432 g/mol. The maximum Gasteiger partial charge on any atom is 0.262 e. The van der Waals surface area contributed by atoms with Gasteiger partial charge in [0.2, 0.25) is 11.2 Å². The predicted octanol–water partition coefficient (Wildman–Crippen LogP) is 2.10. The van der Waals surface area contributed by atoms with Gasteiger partial charge in [-0.2, -0.15) is 0 Å². The highest BCUT2D eigenvalue weighted by Crippen LogP contribution is 2.28. The molecule has 0 aliphatic rings. The molecule has 0 spiro atoms. The van der Waals surface area contributed by atoms with Crippen molar-refractivity contribution in [2.45, 2.75) is 10.9 Å². The summed E-state index contributed by atoms with van der Waals surface area (Å²) < 4.78 is 22.8. The fraction of sp³-hybridized carbons (Fsp3) is 0.263. The molecular weight excluding hydrogens is 412 g/mol. The van der Waals surface area contributed by atoms with Crippen LogP contribution in [0.1, 0.15) is 5.76 Å². The second kappa shape index (κ2) is 9.83. The number of thioether (sulfide) groups is 1. The van der Waals surface area contributed by atoms with Crippen LogP contribution in [-0.4, -0.2) is 41.5 Å². The number of aromatic nitrogens is 3. The van der Waals surface area contributed by atoms with Crippen LogP contribution >= 0.6 is 11.8 Å². The minimum absolute atomic E-state index is 0.0600. The third-order valence-corrected chi connectivity index (χ3v) is 4.96. The molecule has 0 radical (unpaired) electrons. The quantitative estimate of drug-likeness (QED) is 0.507. The second-order valence-corrected chi connectivity index (χ2v) is 6.93. The van der Waals surface area contributed by atoms with E-state index < -0.39 is 5.91 Å². The first-order valence-electron chi connectivity index (χ1n) is 8.73. The molecule has 0 unspecified atom stereocenters. The normalized spacial score (nSPS) is 10.5. The van der Waals surface area contributed by atoms with Crippen molar-refractivity contribution in [3.63, 3.8) is 0 Å². The summed E-state index contributed by atoms with van der Waals surface area (Å²) in [6.45, 7) is -0.377. The molecule has 2 heterocycles. The number of anilines is 1. The topological polar surface area (TPSA) is 118 Å². The van der Waals surface area contributed by atoms with Gasteiger partial charge in [-0.3, -0.25) is 9.59 Å². The van der Waals surface area contributed by atoms with Crippen LogP contribution in [-0.2, 0) is 17.6 Å². The summed E-state index contributed by atoms with van der Waals surface area (Å²) in [5.74, 6) is 1.35. The van der Waals surface area contributed by atoms with Crippen LogP contribution in [0.2, 0.25) is 0 Å². The molecule has 0 saturated carbocycles. The van der Waals surface area contributed by atoms with Crippen LogP contribution < -0.4 is 25.0 Å². The van der Waals surface area contributed by atoms with Gasteiger partial charge in [-0.05, 0) is 12.1 Å². The predicted molar refractivity (Wildman–Crippen MR) is 109 cm³/mol. The van der Waals surface area contributed by atoms with Crippen LogP contribution in [0.4, 0.5) is 5.69 Å². The Bertz CT molecular complexity index is 1080. The largest absolute Gasteiger partial charge is 0.497 e. The Morgan fingerprint density at radius 1 is 1.23 bits per heavy atom. The lowest BCUT2D eigenvalue weighted by molar-refractivity contribution is -0.118. The number of rotatable bonds is 9. The van der Waals surface area contributed by atoms with E-state index in [-0.39, 0.29) is 17.8 Å². The van der Waals surface area contributed by atoms with Crippen molar-refractivity contribution in [1.82, 2.24) is 14.8 Å². The van der Waals surface area contributed by atoms with Crippen molar-refractivity contribution in [3.8, 4) is 17.2 Å². The van der Waals surface area contributed by atoms with E-state index in [1.165, 1.54) is 38.3 Å². The molecule has 1 N–H and O–H groups in total. The standard InChI is InChI=1S/C19H20N4O6S/c1-23-11-20-22-19(23)30-10-13-7-15(24)17(8-28-13)29-9-18(25)21-14-6-12(26-2)4-5-16(14)27-3/h4-8,11H,9-10H2,1-3H3,(H,21,25). The van der Waals surface area contributed by atoms with Crippen molar-refractivity contribution < 1.29 is 23.4 Å². The molecule has 2 aromatic heterocycles. The van der Waals surface area contributed by atoms with Gasteiger partial charge in [0.15, 0.2) is 11.8 Å². The fourth-order valence-corrected chi connectivity index (χ4v) is 3.18. The summed E-state index contributed by atoms with van der Waals surface area (Å²) in [5, 5.41) is 11.1. The second-order valence-electron chi connectivity index (χ2n) is 5.99. The number of methoxy groups -OCH3 is 2. The molecule has 0 atom stereocenters. The summed E-state index contributed by atoms with van der Waals surface area (Å²) in [7, 11) is 4.83. The van der Waals surface area contributed by atoms with E-state index in [9.17, 15) is 9.59 Å². The van der Waals surface area contributed by atoms with Crippen molar-refractivity contribution in [2.75, 3.05) is 26.1 Å². The van der Waals surface area contributed by atoms with Gasteiger partial charge in [0.1, 0.15) is 29.8 Å². The summed E-state index contributed by atoms with van der Waals surface area (Å²) >= 11 is 1.38. The summed E-state index contributed by atoms with van der Waals surface area (Å²) in [6, 6.07) is 6.32. The smallest absolute Gasteiger partial charge is 0.262 e. The summed E-state index contributed by atoms with van der Waals surface area (Å²) in [4.78, 5) is 24.4. The first kappa shape index (κ1) is 21.2. The Morgan fingerprint density at radius 2 is 2.07 bits per heavy atom. The molecule has 0 fully saturated rings. The maximum atomic E-state index is 12.2. The number of hydrogen-bond donors (Lipinski definition) is 1. The Labute approximate surface area is 176 Å². The molecule has 0 aliphatic carbocycles. The van der Waals surface area contributed by atoms with Crippen molar-refractivity contribution in [2.24, 2.45) is 7.05 Å². The lowest BCUT2D eigenvalue weighted by Crippen LogP contribution is -2.22. The van der Waals surface area contributed by atoms with E-state index in [1.54, 1.807) is 29.1 Å².